The van der Waals surface area contributed by atoms with Gasteiger partial charge in [-0.3, -0.25) is 4.79 Å². The van der Waals surface area contributed by atoms with Crippen molar-refractivity contribution in [2.24, 2.45) is 7.05 Å². The number of benzene rings is 1. The van der Waals surface area contributed by atoms with Crippen molar-refractivity contribution in [3.05, 3.63) is 70.5 Å². The Morgan fingerprint density at radius 3 is 2.63 bits per heavy atom. The number of pyridine rings is 1. The molecule has 0 aliphatic heterocycles. The van der Waals surface area contributed by atoms with Crippen LogP contribution in [0.5, 0.6) is 0 Å². The van der Waals surface area contributed by atoms with Gasteiger partial charge in [0.1, 0.15) is 0 Å². The second-order valence-corrected chi connectivity index (χ2v) is 6.80. The van der Waals surface area contributed by atoms with E-state index in [0.29, 0.717) is 33.3 Å². The number of halogens is 2. The summed E-state index contributed by atoms with van der Waals surface area (Å²) in [4.78, 5) is 21.1. The van der Waals surface area contributed by atoms with Crippen molar-refractivity contribution in [2.45, 2.75) is 6.54 Å². The van der Waals surface area contributed by atoms with E-state index in [2.05, 4.69) is 20.4 Å². The molecule has 0 saturated heterocycles. The predicted octanol–water partition coefficient (Wildman–Crippen LogP) is 3.77. The molecule has 4 rings (SSSR count). The van der Waals surface area contributed by atoms with Crippen molar-refractivity contribution in [1.29, 1.82) is 0 Å². The minimum atomic E-state index is -0.351. The molecule has 0 atom stereocenters. The molecule has 4 aromatic rings. The van der Waals surface area contributed by atoms with Crippen LogP contribution < -0.4 is 5.32 Å². The van der Waals surface area contributed by atoms with Gasteiger partial charge in [-0.2, -0.15) is 5.10 Å². The molecule has 0 aliphatic carbocycles. The van der Waals surface area contributed by atoms with E-state index in [1.54, 1.807) is 47.7 Å². The SMILES string of the molecule is Cn1cncc1Cn1ncc2c(Cl)c(C(=O)Nc3ccc(Cl)cc3)cnc21. The van der Waals surface area contributed by atoms with Crippen LogP contribution in [0.15, 0.2) is 49.2 Å². The molecule has 0 unspecified atom stereocenters. The van der Waals surface area contributed by atoms with Crippen LogP contribution in [0.2, 0.25) is 10.0 Å². The molecule has 136 valence electrons. The molecular formula is C18H14Cl2N6O. The van der Waals surface area contributed by atoms with E-state index in [9.17, 15) is 4.79 Å². The van der Waals surface area contributed by atoms with Crippen molar-refractivity contribution in [3.63, 3.8) is 0 Å². The van der Waals surface area contributed by atoms with E-state index >= 15 is 0 Å². The summed E-state index contributed by atoms with van der Waals surface area (Å²) < 4.78 is 3.63. The first-order chi connectivity index (χ1) is 13.0. The van der Waals surface area contributed by atoms with E-state index < -0.39 is 0 Å². The van der Waals surface area contributed by atoms with Crippen molar-refractivity contribution in [2.75, 3.05) is 5.32 Å². The maximum atomic E-state index is 12.6. The Balaban J connectivity index is 1.63. The highest BCUT2D eigenvalue weighted by Gasteiger charge is 2.17. The second kappa shape index (κ2) is 7.02. The highest BCUT2D eigenvalue weighted by molar-refractivity contribution is 6.38. The van der Waals surface area contributed by atoms with Crippen LogP contribution in [0.3, 0.4) is 0 Å². The Morgan fingerprint density at radius 2 is 1.93 bits per heavy atom. The number of aryl methyl sites for hydroxylation is 1. The fourth-order valence-electron chi connectivity index (χ4n) is 2.69. The first-order valence-electron chi connectivity index (χ1n) is 8.05. The van der Waals surface area contributed by atoms with Gasteiger partial charge in [-0.05, 0) is 24.3 Å². The number of imidazole rings is 1. The summed E-state index contributed by atoms with van der Waals surface area (Å²) in [5.41, 5.74) is 2.47. The van der Waals surface area contributed by atoms with Gasteiger partial charge in [-0.25, -0.2) is 14.6 Å². The van der Waals surface area contributed by atoms with Crippen LogP contribution in [-0.2, 0) is 13.6 Å². The molecule has 7 nitrogen and oxygen atoms in total. The molecule has 1 N–H and O–H groups in total. The van der Waals surface area contributed by atoms with Crippen LogP contribution in [0.4, 0.5) is 5.69 Å². The van der Waals surface area contributed by atoms with Gasteiger partial charge >= 0.3 is 0 Å². The maximum Gasteiger partial charge on any atom is 0.258 e. The highest BCUT2D eigenvalue weighted by Crippen LogP contribution is 2.27. The Hall–Kier alpha value is -2.90. The molecule has 3 aromatic heterocycles. The van der Waals surface area contributed by atoms with Crippen LogP contribution in [0, 0.1) is 0 Å². The van der Waals surface area contributed by atoms with Crippen LogP contribution >= 0.6 is 23.2 Å². The maximum absolute atomic E-state index is 12.6. The van der Waals surface area contributed by atoms with Crippen molar-refractivity contribution < 1.29 is 4.79 Å². The summed E-state index contributed by atoms with van der Waals surface area (Å²) in [6.07, 6.45) is 6.56. The minimum absolute atomic E-state index is 0.277. The molecule has 3 heterocycles. The number of aromatic nitrogens is 5. The largest absolute Gasteiger partial charge is 0.336 e. The highest BCUT2D eigenvalue weighted by atomic mass is 35.5. The quantitative estimate of drug-likeness (QED) is 0.565. The van der Waals surface area contributed by atoms with Gasteiger partial charge in [0.2, 0.25) is 0 Å². The second-order valence-electron chi connectivity index (χ2n) is 5.98. The Morgan fingerprint density at radius 1 is 1.15 bits per heavy atom. The summed E-state index contributed by atoms with van der Waals surface area (Å²) in [6.45, 7) is 0.500. The Kier molecular flexibility index (Phi) is 4.55. The standard InChI is InChI=1S/C18H14Cl2N6O/c1-25-10-21-6-13(25)9-26-17-14(8-23-26)16(20)15(7-22-17)18(27)24-12-4-2-11(19)3-5-12/h2-8,10H,9H2,1H3,(H,24,27). The van der Waals surface area contributed by atoms with Crippen LogP contribution in [-0.4, -0.2) is 30.2 Å². The molecule has 0 bridgehead atoms. The number of carbonyl (C=O) groups is 1. The van der Waals surface area contributed by atoms with Gasteiger partial charge in [0, 0.05) is 24.0 Å². The molecule has 0 radical (unpaired) electrons. The molecule has 1 aromatic carbocycles. The van der Waals surface area contributed by atoms with Crippen LogP contribution in [0.1, 0.15) is 16.1 Å². The molecule has 0 fully saturated rings. The molecule has 27 heavy (non-hydrogen) atoms. The number of nitrogens with one attached hydrogen (secondary N) is 1. The molecule has 0 spiro atoms. The van der Waals surface area contributed by atoms with E-state index in [1.165, 1.54) is 6.20 Å². The smallest absolute Gasteiger partial charge is 0.258 e. The number of anilines is 1. The molecular weight excluding hydrogens is 387 g/mol. The zero-order valence-corrected chi connectivity index (χ0v) is 15.7. The van der Waals surface area contributed by atoms with Crippen molar-refractivity contribution >= 4 is 45.8 Å². The van der Waals surface area contributed by atoms with Gasteiger partial charge in [-0.1, -0.05) is 23.2 Å². The topological polar surface area (TPSA) is 77.6 Å². The molecule has 9 heteroatoms. The lowest BCUT2D eigenvalue weighted by Gasteiger charge is -2.08. The normalized spacial score (nSPS) is 11.1. The van der Waals surface area contributed by atoms with Gasteiger partial charge in [-0.15, -0.1) is 0 Å². The van der Waals surface area contributed by atoms with Gasteiger partial charge in [0.25, 0.3) is 5.91 Å². The minimum Gasteiger partial charge on any atom is -0.336 e. The summed E-state index contributed by atoms with van der Waals surface area (Å²) >= 11 is 12.3. The van der Waals surface area contributed by atoms with E-state index in [-0.39, 0.29) is 11.5 Å². The third-order valence-electron chi connectivity index (χ3n) is 4.18. The van der Waals surface area contributed by atoms with E-state index in [0.717, 1.165) is 5.69 Å². The fraction of sp³-hybridized carbons (Fsp3) is 0.111. The average Bonchev–Trinajstić information content (AvgIpc) is 3.25. The number of hydrogen-bond acceptors (Lipinski definition) is 4. The molecule has 0 saturated carbocycles. The van der Waals surface area contributed by atoms with Crippen molar-refractivity contribution in [3.8, 4) is 0 Å². The number of nitrogens with zero attached hydrogens (tertiary/aromatic N) is 5. The summed E-state index contributed by atoms with van der Waals surface area (Å²) in [5.74, 6) is -0.351. The number of rotatable bonds is 4. The van der Waals surface area contributed by atoms with Gasteiger partial charge < -0.3 is 9.88 Å². The monoisotopic (exact) mass is 400 g/mol. The first-order valence-corrected chi connectivity index (χ1v) is 8.80. The van der Waals surface area contributed by atoms with E-state index in [1.807, 2.05) is 11.6 Å². The third-order valence-corrected chi connectivity index (χ3v) is 4.83. The lowest BCUT2D eigenvalue weighted by Crippen LogP contribution is -2.13. The lowest BCUT2D eigenvalue weighted by molar-refractivity contribution is 0.102. The summed E-state index contributed by atoms with van der Waals surface area (Å²) in [5, 5.41) is 8.64. The zero-order valence-electron chi connectivity index (χ0n) is 14.2. The van der Waals surface area contributed by atoms with E-state index in [4.69, 9.17) is 23.2 Å². The lowest BCUT2D eigenvalue weighted by atomic mass is 10.2. The predicted molar refractivity (Wildman–Crippen MR) is 104 cm³/mol. The third kappa shape index (κ3) is 3.39. The summed E-state index contributed by atoms with van der Waals surface area (Å²) in [6, 6.07) is 6.82. The van der Waals surface area contributed by atoms with Gasteiger partial charge in [0.05, 0.1) is 46.9 Å². The molecule has 1 amide bonds. The fourth-order valence-corrected chi connectivity index (χ4v) is 3.09. The number of amides is 1. The van der Waals surface area contributed by atoms with Crippen molar-refractivity contribution in [1.82, 2.24) is 24.3 Å². The number of fused-ring (bicyclic) bond motifs is 1. The average molecular weight is 401 g/mol. The molecule has 0 aliphatic rings. The number of carbonyl (C=O) groups excluding carboxylic acids is 1. The Bertz CT molecular complexity index is 1130. The summed E-state index contributed by atoms with van der Waals surface area (Å²) in [7, 11) is 1.91. The first kappa shape index (κ1) is 17.5. The Labute approximate surface area is 164 Å². The van der Waals surface area contributed by atoms with Crippen LogP contribution in [0.25, 0.3) is 11.0 Å². The number of hydrogen-bond donors (Lipinski definition) is 1. The van der Waals surface area contributed by atoms with Gasteiger partial charge in [0.15, 0.2) is 5.65 Å². The zero-order chi connectivity index (χ0) is 19.0.